The van der Waals surface area contributed by atoms with Gasteiger partial charge < -0.3 is 4.57 Å². The van der Waals surface area contributed by atoms with Crippen LogP contribution < -0.4 is 0 Å². The average Bonchev–Trinajstić information content (AvgIpc) is 2.67. The second-order valence-corrected chi connectivity index (χ2v) is 6.73. The number of rotatable bonds is 4. The van der Waals surface area contributed by atoms with Crippen molar-refractivity contribution >= 4 is 22.8 Å². The van der Waals surface area contributed by atoms with E-state index in [-0.39, 0.29) is 0 Å². The normalized spacial score (nSPS) is 21.2. The van der Waals surface area contributed by atoms with Crippen molar-refractivity contribution in [1.82, 2.24) is 19.3 Å². The van der Waals surface area contributed by atoms with E-state index in [9.17, 15) is 0 Å². The van der Waals surface area contributed by atoms with Crippen molar-refractivity contribution in [2.75, 3.05) is 5.88 Å². The maximum absolute atomic E-state index is 5.91. The van der Waals surface area contributed by atoms with E-state index in [1.54, 1.807) is 0 Å². The second kappa shape index (κ2) is 4.23. The predicted molar refractivity (Wildman–Crippen MR) is 77.5 cm³/mol. The zero-order chi connectivity index (χ0) is 13.8. The number of imidazole rings is 1. The zero-order valence-electron chi connectivity index (χ0n) is 12.1. The van der Waals surface area contributed by atoms with Gasteiger partial charge in [-0.25, -0.2) is 4.98 Å². The fourth-order valence-corrected chi connectivity index (χ4v) is 3.12. The molecule has 1 saturated carbocycles. The van der Waals surface area contributed by atoms with Crippen molar-refractivity contribution in [3.05, 3.63) is 11.5 Å². The summed E-state index contributed by atoms with van der Waals surface area (Å²) < 4.78 is 4.28. The molecular formula is C14H21ClN4. The number of aromatic nitrogens is 4. The van der Waals surface area contributed by atoms with Gasteiger partial charge in [0.15, 0.2) is 5.65 Å². The summed E-state index contributed by atoms with van der Waals surface area (Å²) >= 11 is 5.91. The number of hydrogen-bond donors (Lipinski definition) is 0. The second-order valence-electron chi connectivity index (χ2n) is 6.35. The topological polar surface area (TPSA) is 35.6 Å². The van der Waals surface area contributed by atoms with Crippen LogP contribution in [0, 0.1) is 18.3 Å². The van der Waals surface area contributed by atoms with Crippen LogP contribution in [0.2, 0.25) is 0 Å². The Morgan fingerprint density at radius 1 is 1.42 bits per heavy atom. The summed E-state index contributed by atoms with van der Waals surface area (Å²) in [6, 6.07) is 0. The van der Waals surface area contributed by atoms with Gasteiger partial charge in [0.1, 0.15) is 11.3 Å². The van der Waals surface area contributed by atoms with Crippen LogP contribution in [0.5, 0.6) is 0 Å². The molecule has 0 bridgehead atoms. The van der Waals surface area contributed by atoms with E-state index in [0.29, 0.717) is 11.3 Å². The van der Waals surface area contributed by atoms with Crippen molar-refractivity contribution in [3.8, 4) is 0 Å². The Kier molecular flexibility index (Phi) is 2.89. The van der Waals surface area contributed by atoms with Gasteiger partial charge in [0.25, 0.3) is 0 Å². The number of nitrogens with zero attached hydrogens (tertiary/aromatic N) is 4. The molecular weight excluding hydrogens is 260 g/mol. The molecule has 104 valence electrons. The molecule has 1 aliphatic rings. The predicted octanol–water partition coefficient (Wildman–Crippen LogP) is 2.91. The maximum Gasteiger partial charge on any atom is 0.158 e. The largest absolute Gasteiger partial charge is 0.313 e. The van der Waals surface area contributed by atoms with Gasteiger partial charge >= 0.3 is 0 Å². The molecule has 0 aromatic carbocycles. The molecule has 1 atom stereocenters. The molecule has 1 unspecified atom stereocenters. The van der Waals surface area contributed by atoms with Crippen LogP contribution >= 0.6 is 11.6 Å². The van der Waals surface area contributed by atoms with Gasteiger partial charge in [-0.15, -0.1) is 11.6 Å². The van der Waals surface area contributed by atoms with E-state index in [0.717, 1.165) is 41.6 Å². The Morgan fingerprint density at radius 2 is 2.11 bits per heavy atom. The molecule has 3 rings (SSSR count). The minimum atomic E-state index is 0.475. The maximum atomic E-state index is 5.91. The highest BCUT2D eigenvalue weighted by Gasteiger charge is 2.46. The summed E-state index contributed by atoms with van der Waals surface area (Å²) in [4.78, 5) is 4.75. The lowest BCUT2D eigenvalue weighted by atomic mass is 10.1. The average molecular weight is 281 g/mol. The first-order valence-corrected chi connectivity index (χ1v) is 7.42. The Hall–Kier alpha value is -1.03. The minimum Gasteiger partial charge on any atom is -0.313 e. The Bertz CT molecular complexity index is 623. The highest BCUT2D eigenvalue weighted by molar-refractivity contribution is 6.17. The van der Waals surface area contributed by atoms with Gasteiger partial charge in [-0.2, -0.15) is 5.10 Å². The fraction of sp³-hybridized carbons (Fsp3) is 0.714. The molecule has 0 radical (unpaired) electrons. The Balaban J connectivity index is 2.05. The van der Waals surface area contributed by atoms with Crippen LogP contribution in [-0.4, -0.2) is 25.2 Å². The van der Waals surface area contributed by atoms with Gasteiger partial charge in [-0.05, 0) is 24.7 Å². The van der Waals surface area contributed by atoms with E-state index in [1.807, 2.05) is 18.7 Å². The van der Waals surface area contributed by atoms with Crippen molar-refractivity contribution in [1.29, 1.82) is 0 Å². The lowest BCUT2D eigenvalue weighted by Gasteiger charge is -2.10. The number of halogens is 1. The van der Waals surface area contributed by atoms with Gasteiger partial charge in [-0.3, -0.25) is 4.68 Å². The summed E-state index contributed by atoms with van der Waals surface area (Å²) in [5, 5.41) is 4.48. The fourth-order valence-electron chi connectivity index (χ4n) is 2.96. The lowest BCUT2D eigenvalue weighted by Crippen LogP contribution is -2.11. The van der Waals surface area contributed by atoms with Crippen LogP contribution in [0.1, 0.15) is 31.8 Å². The van der Waals surface area contributed by atoms with E-state index in [1.165, 1.54) is 6.42 Å². The third-order valence-corrected chi connectivity index (χ3v) is 4.60. The Morgan fingerprint density at radius 3 is 2.68 bits per heavy atom. The number of hydrogen-bond acceptors (Lipinski definition) is 2. The molecule has 0 spiro atoms. The van der Waals surface area contributed by atoms with Crippen LogP contribution in [-0.2, 0) is 20.0 Å². The van der Waals surface area contributed by atoms with Crippen molar-refractivity contribution < 1.29 is 0 Å². The summed E-state index contributed by atoms with van der Waals surface area (Å²) in [7, 11) is 2.00. The summed E-state index contributed by atoms with van der Waals surface area (Å²) in [5.74, 6) is 2.46. The van der Waals surface area contributed by atoms with E-state index < -0.39 is 0 Å². The van der Waals surface area contributed by atoms with Crippen molar-refractivity contribution in [3.63, 3.8) is 0 Å². The first-order chi connectivity index (χ1) is 8.94. The van der Waals surface area contributed by atoms with E-state index in [4.69, 9.17) is 16.6 Å². The molecule has 1 aliphatic carbocycles. The van der Waals surface area contributed by atoms with Crippen LogP contribution in [0.15, 0.2) is 0 Å². The highest BCUT2D eigenvalue weighted by Crippen LogP contribution is 2.52. The SMILES string of the molecule is Cc1nn(C)c2c1nc(CCCl)n2CC1CC1(C)C. The molecule has 4 nitrogen and oxygen atoms in total. The van der Waals surface area contributed by atoms with E-state index in [2.05, 4.69) is 23.5 Å². The number of aryl methyl sites for hydroxylation is 3. The quantitative estimate of drug-likeness (QED) is 0.808. The van der Waals surface area contributed by atoms with Gasteiger partial charge in [0, 0.05) is 25.9 Å². The minimum absolute atomic E-state index is 0.475. The highest BCUT2D eigenvalue weighted by atomic mass is 35.5. The molecule has 19 heavy (non-hydrogen) atoms. The van der Waals surface area contributed by atoms with Crippen molar-refractivity contribution in [2.45, 2.75) is 40.2 Å². The molecule has 0 N–H and O–H groups in total. The van der Waals surface area contributed by atoms with Crippen LogP contribution in [0.4, 0.5) is 0 Å². The zero-order valence-corrected chi connectivity index (χ0v) is 12.8. The third-order valence-electron chi connectivity index (χ3n) is 4.41. The summed E-state index contributed by atoms with van der Waals surface area (Å²) in [6.07, 6.45) is 2.12. The van der Waals surface area contributed by atoms with Gasteiger partial charge in [-0.1, -0.05) is 13.8 Å². The van der Waals surface area contributed by atoms with E-state index >= 15 is 0 Å². The van der Waals surface area contributed by atoms with Crippen molar-refractivity contribution in [2.24, 2.45) is 18.4 Å². The standard InChI is InChI=1S/C14H21ClN4/c1-9-12-13(18(4)17-9)19(11(16-12)5-6-15)8-10-7-14(10,2)3/h10H,5-8H2,1-4H3. The van der Waals surface area contributed by atoms with Gasteiger partial charge in [0.05, 0.1) is 5.69 Å². The first-order valence-electron chi connectivity index (χ1n) is 6.88. The third kappa shape index (κ3) is 2.06. The lowest BCUT2D eigenvalue weighted by molar-refractivity contribution is 0.491. The number of alkyl halides is 1. The monoisotopic (exact) mass is 280 g/mol. The summed E-state index contributed by atoms with van der Waals surface area (Å²) in [5.41, 5.74) is 3.64. The first kappa shape index (κ1) is 13.0. The molecule has 2 aromatic rings. The molecule has 2 aromatic heterocycles. The summed E-state index contributed by atoms with van der Waals surface area (Å²) in [6.45, 7) is 7.73. The van der Waals surface area contributed by atoms with Crippen LogP contribution in [0.25, 0.3) is 11.2 Å². The molecule has 5 heteroatoms. The molecule has 0 saturated heterocycles. The number of fused-ring (bicyclic) bond motifs is 1. The van der Waals surface area contributed by atoms with Crippen LogP contribution in [0.3, 0.4) is 0 Å². The smallest absolute Gasteiger partial charge is 0.158 e. The molecule has 2 heterocycles. The Labute approximate surface area is 118 Å². The molecule has 0 aliphatic heterocycles. The van der Waals surface area contributed by atoms with Gasteiger partial charge in [0.2, 0.25) is 0 Å². The molecule has 0 amide bonds. The molecule has 1 fully saturated rings.